The van der Waals surface area contributed by atoms with Gasteiger partial charge >= 0.3 is 0 Å². The molecule has 2 aliphatic heterocycles. The molecule has 1 fully saturated rings. The molecule has 1 aromatic heterocycles. The lowest BCUT2D eigenvalue weighted by atomic mass is 9.87. The Kier molecular flexibility index (Phi) is 9.32. The number of aryl methyl sites for hydroxylation is 1. The molecule has 154 valence electrons. The van der Waals surface area contributed by atoms with Gasteiger partial charge in [-0.15, -0.1) is 34.2 Å². The highest BCUT2D eigenvalue weighted by molar-refractivity contribution is 14.0. The molecule has 2 aliphatic rings. The predicted molar refractivity (Wildman–Crippen MR) is 122 cm³/mol. The number of nitrogens with one attached hydrogen (secondary N) is 1. The van der Waals surface area contributed by atoms with Crippen molar-refractivity contribution in [3.8, 4) is 0 Å². The maximum absolute atomic E-state index is 4.93. The second-order valence-corrected chi connectivity index (χ2v) is 7.74. The molecule has 1 aromatic rings. The first-order valence-electron chi connectivity index (χ1n) is 10.7. The topological polar surface area (TPSA) is 58.3 Å². The number of rotatable bonds is 6. The van der Waals surface area contributed by atoms with E-state index in [1.165, 1.54) is 38.5 Å². The number of aliphatic imine (C=N–C) groups is 1. The van der Waals surface area contributed by atoms with E-state index in [2.05, 4.69) is 45.8 Å². The number of fused-ring (bicyclic) bond motifs is 1. The zero-order valence-electron chi connectivity index (χ0n) is 17.3. The monoisotopic (exact) mass is 488 g/mol. The Balaban J connectivity index is 0.00000261. The smallest absolute Gasteiger partial charge is 0.194 e. The minimum Gasteiger partial charge on any atom is -0.357 e. The van der Waals surface area contributed by atoms with Crippen LogP contribution in [0.3, 0.4) is 0 Å². The molecule has 27 heavy (non-hydrogen) atoms. The summed E-state index contributed by atoms with van der Waals surface area (Å²) in [7, 11) is 0. The molecule has 0 amide bonds. The van der Waals surface area contributed by atoms with Gasteiger partial charge in [-0.2, -0.15) is 0 Å². The fraction of sp³-hybridized carbons (Fsp3) is 0.850. The van der Waals surface area contributed by atoms with Crippen LogP contribution in [0.25, 0.3) is 0 Å². The van der Waals surface area contributed by atoms with E-state index in [9.17, 15) is 0 Å². The Morgan fingerprint density at radius 3 is 2.70 bits per heavy atom. The van der Waals surface area contributed by atoms with Gasteiger partial charge in [0.15, 0.2) is 11.8 Å². The summed E-state index contributed by atoms with van der Waals surface area (Å²) in [5.41, 5.74) is 0. The van der Waals surface area contributed by atoms with E-state index in [0.717, 1.165) is 62.0 Å². The molecule has 0 saturated carbocycles. The highest BCUT2D eigenvalue weighted by atomic mass is 127. The zero-order chi connectivity index (χ0) is 18.4. The number of halogens is 1. The van der Waals surface area contributed by atoms with Crippen molar-refractivity contribution in [2.45, 2.75) is 78.8 Å². The van der Waals surface area contributed by atoms with Gasteiger partial charge in [0.2, 0.25) is 0 Å². The highest BCUT2D eigenvalue weighted by Gasteiger charge is 2.29. The second kappa shape index (κ2) is 11.2. The summed E-state index contributed by atoms with van der Waals surface area (Å²) >= 11 is 0. The third-order valence-electron chi connectivity index (χ3n) is 6.13. The molecule has 1 unspecified atom stereocenters. The van der Waals surface area contributed by atoms with E-state index in [0.29, 0.717) is 6.54 Å². The van der Waals surface area contributed by atoms with E-state index in [4.69, 9.17) is 4.99 Å². The third-order valence-corrected chi connectivity index (χ3v) is 6.13. The molecule has 6 nitrogen and oxygen atoms in total. The Morgan fingerprint density at radius 1 is 1.15 bits per heavy atom. The minimum atomic E-state index is 0. The van der Waals surface area contributed by atoms with E-state index < -0.39 is 0 Å². The van der Waals surface area contributed by atoms with Crippen molar-refractivity contribution in [3.05, 3.63) is 11.6 Å². The van der Waals surface area contributed by atoms with Crippen molar-refractivity contribution in [1.82, 2.24) is 25.0 Å². The first-order chi connectivity index (χ1) is 12.8. The van der Waals surface area contributed by atoms with Gasteiger partial charge in [0.1, 0.15) is 12.4 Å². The number of nitrogens with zero attached hydrogens (tertiary/aromatic N) is 5. The fourth-order valence-corrected chi connectivity index (χ4v) is 4.55. The molecule has 1 saturated heterocycles. The Morgan fingerprint density at radius 2 is 1.96 bits per heavy atom. The van der Waals surface area contributed by atoms with Crippen molar-refractivity contribution in [2.75, 3.05) is 19.6 Å². The molecular weight excluding hydrogens is 451 g/mol. The second-order valence-electron chi connectivity index (χ2n) is 7.74. The van der Waals surface area contributed by atoms with E-state index in [1.54, 1.807) is 0 Å². The number of guanidine groups is 1. The molecule has 7 heteroatoms. The van der Waals surface area contributed by atoms with Crippen LogP contribution in [0.5, 0.6) is 0 Å². The van der Waals surface area contributed by atoms with Crippen LogP contribution in [0, 0.1) is 11.8 Å². The summed E-state index contributed by atoms with van der Waals surface area (Å²) in [6, 6.07) is 0. The quantitative estimate of drug-likeness (QED) is 0.376. The summed E-state index contributed by atoms with van der Waals surface area (Å²) in [5.74, 6) is 4.86. The Hall–Kier alpha value is -0.860. The summed E-state index contributed by atoms with van der Waals surface area (Å²) in [4.78, 5) is 7.38. The highest BCUT2D eigenvalue weighted by Crippen LogP contribution is 2.28. The minimum absolute atomic E-state index is 0. The summed E-state index contributed by atoms with van der Waals surface area (Å²) in [5, 5.41) is 12.3. The van der Waals surface area contributed by atoms with Gasteiger partial charge in [0.25, 0.3) is 0 Å². The van der Waals surface area contributed by atoms with E-state index >= 15 is 0 Å². The number of hydrogen-bond acceptors (Lipinski definition) is 3. The lowest BCUT2D eigenvalue weighted by molar-refractivity contribution is 0.319. The molecule has 1 atom stereocenters. The van der Waals surface area contributed by atoms with Crippen LogP contribution < -0.4 is 5.32 Å². The average molecular weight is 488 g/mol. The van der Waals surface area contributed by atoms with Gasteiger partial charge in [-0.25, -0.2) is 4.99 Å². The SMILES string of the molecule is CCNC(=NCc1nnc2n1CCCCC2)N1CCC(C(CC)CC)C1.I. The Bertz CT molecular complexity index is 595. The van der Waals surface area contributed by atoms with Gasteiger partial charge in [-0.3, -0.25) is 0 Å². The number of hydrogen-bond donors (Lipinski definition) is 1. The zero-order valence-corrected chi connectivity index (χ0v) is 19.6. The van der Waals surface area contributed by atoms with Crippen LogP contribution in [0.4, 0.5) is 0 Å². The van der Waals surface area contributed by atoms with Crippen molar-refractivity contribution in [3.63, 3.8) is 0 Å². The largest absolute Gasteiger partial charge is 0.357 e. The van der Waals surface area contributed by atoms with Gasteiger partial charge in [0, 0.05) is 32.6 Å². The van der Waals surface area contributed by atoms with Crippen LogP contribution in [0.1, 0.15) is 70.9 Å². The van der Waals surface area contributed by atoms with Crippen molar-refractivity contribution < 1.29 is 0 Å². The summed E-state index contributed by atoms with van der Waals surface area (Å²) in [6.45, 7) is 11.6. The van der Waals surface area contributed by atoms with Gasteiger partial charge in [0.05, 0.1) is 0 Å². The van der Waals surface area contributed by atoms with Gasteiger partial charge < -0.3 is 14.8 Å². The van der Waals surface area contributed by atoms with E-state index in [-0.39, 0.29) is 24.0 Å². The first kappa shape index (κ1) is 22.4. The molecule has 0 radical (unpaired) electrons. The molecule has 3 rings (SSSR count). The Labute approximate surface area is 181 Å². The van der Waals surface area contributed by atoms with Gasteiger partial charge in [-0.05, 0) is 38.0 Å². The van der Waals surface area contributed by atoms with Crippen LogP contribution in [-0.4, -0.2) is 45.3 Å². The molecule has 0 spiro atoms. The fourth-order valence-electron chi connectivity index (χ4n) is 4.55. The van der Waals surface area contributed by atoms with Crippen LogP contribution >= 0.6 is 24.0 Å². The third kappa shape index (κ3) is 5.57. The first-order valence-corrected chi connectivity index (χ1v) is 10.7. The van der Waals surface area contributed by atoms with Crippen LogP contribution in [0.15, 0.2) is 4.99 Å². The normalized spacial score (nSPS) is 20.4. The lowest BCUT2D eigenvalue weighted by Crippen LogP contribution is -2.40. The molecule has 1 N–H and O–H groups in total. The predicted octanol–water partition coefficient (Wildman–Crippen LogP) is 3.85. The maximum Gasteiger partial charge on any atom is 0.194 e. The molecular formula is C20H37IN6. The van der Waals surface area contributed by atoms with E-state index in [1.807, 2.05) is 0 Å². The maximum atomic E-state index is 4.93. The van der Waals surface area contributed by atoms with Crippen molar-refractivity contribution >= 4 is 29.9 Å². The molecule has 0 aromatic carbocycles. The summed E-state index contributed by atoms with van der Waals surface area (Å²) in [6.07, 6.45) is 8.67. The average Bonchev–Trinajstić information content (AvgIpc) is 3.21. The van der Waals surface area contributed by atoms with Gasteiger partial charge in [-0.1, -0.05) is 33.1 Å². The summed E-state index contributed by atoms with van der Waals surface area (Å²) < 4.78 is 2.30. The lowest BCUT2D eigenvalue weighted by Gasteiger charge is -2.24. The van der Waals surface area contributed by atoms with Crippen molar-refractivity contribution in [1.29, 1.82) is 0 Å². The molecule has 0 aliphatic carbocycles. The number of aromatic nitrogens is 3. The van der Waals surface area contributed by atoms with Crippen LogP contribution in [0.2, 0.25) is 0 Å². The molecule has 3 heterocycles. The standard InChI is InChI=1S/C20H36N6.HI/c1-4-16(5-2)17-11-13-25(15-17)20(21-6-3)22-14-19-24-23-18-10-8-7-9-12-26(18)19;/h16-17H,4-15H2,1-3H3,(H,21,22);1H. The number of likely N-dealkylation sites (tertiary alicyclic amines) is 1. The van der Waals surface area contributed by atoms with Crippen LogP contribution in [-0.2, 0) is 19.5 Å². The molecule has 0 bridgehead atoms. The van der Waals surface area contributed by atoms with Crippen molar-refractivity contribution in [2.24, 2.45) is 16.8 Å².